The van der Waals surface area contributed by atoms with Gasteiger partial charge in [-0.15, -0.1) is 0 Å². The van der Waals surface area contributed by atoms with Crippen molar-refractivity contribution in [1.29, 1.82) is 0 Å². The minimum atomic E-state index is 0. The van der Waals surface area contributed by atoms with Crippen LogP contribution in [0.2, 0.25) is 0 Å². The van der Waals surface area contributed by atoms with Crippen molar-refractivity contribution in [3.8, 4) is 5.88 Å². The molecule has 0 fully saturated rings. The Balaban J connectivity index is 0.00000144. The first-order valence-electron chi connectivity index (χ1n) is 3.89. The minimum Gasteiger partial charge on any atom is -0.475 e. The van der Waals surface area contributed by atoms with Crippen LogP contribution in [-0.2, 0) is 0 Å². The summed E-state index contributed by atoms with van der Waals surface area (Å²) in [5.41, 5.74) is 0.952. The second-order valence-electron chi connectivity index (χ2n) is 2.88. The number of rotatable bonds is 2. The van der Waals surface area contributed by atoms with Crippen molar-refractivity contribution in [1.82, 2.24) is 4.98 Å². The molecule has 2 nitrogen and oxygen atoms in total. The van der Waals surface area contributed by atoms with Crippen molar-refractivity contribution in [3.63, 3.8) is 0 Å². The molecule has 0 amide bonds. The topological polar surface area (TPSA) is 22.1 Å². The van der Waals surface area contributed by atoms with Crippen LogP contribution in [0.25, 0.3) is 0 Å². The largest absolute Gasteiger partial charge is 0.475 e. The van der Waals surface area contributed by atoms with E-state index in [2.05, 4.69) is 20.9 Å². The number of hydrogen-bond acceptors (Lipinski definition) is 2. The van der Waals surface area contributed by atoms with E-state index in [4.69, 9.17) is 4.74 Å². The molecule has 0 aliphatic carbocycles. The summed E-state index contributed by atoms with van der Waals surface area (Å²) in [4.78, 5) is 4.24. The van der Waals surface area contributed by atoms with Crippen molar-refractivity contribution < 1.29 is 4.74 Å². The molecule has 0 saturated carbocycles. The SMILES string of the molecule is C.Cc1nc(OC(C)C)ccc1Br. The van der Waals surface area contributed by atoms with E-state index in [1.807, 2.05) is 32.9 Å². The Labute approximate surface area is 88.5 Å². The highest BCUT2D eigenvalue weighted by atomic mass is 79.9. The molecule has 3 heteroatoms. The highest BCUT2D eigenvalue weighted by molar-refractivity contribution is 9.10. The van der Waals surface area contributed by atoms with Gasteiger partial charge in [0, 0.05) is 10.5 Å². The van der Waals surface area contributed by atoms with Crippen molar-refractivity contribution in [3.05, 3.63) is 22.3 Å². The summed E-state index contributed by atoms with van der Waals surface area (Å²) in [6, 6.07) is 3.80. The number of ether oxygens (including phenoxy) is 1. The van der Waals surface area contributed by atoms with Crippen molar-refractivity contribution in [2.24, 2.45) is 0 Å². The number of aromatic nitrogens is 1. The molecule has 0 aromatic carbocycles. The van der Waals surface area contributed by atoms with Crippen molar-refractivity contribution in [2.75, 3.05) is 0 Å². The number of hydrogen-bond donors (Lipinski definition) is 0. The van der Waals surface area contributed by atoms with Gasteiger partial charge in [0.15, 0.2) is 0 Å². The molecule has 0 spiro atoms. The highest BCUT2D eigenvalue weighted by Crippen LogP contribution is 2.18. The normalized spacial score (nSPS) is 9.62. The van der Waals surface area contributed by atoms with Gasteiger partial charge in [-0.25, -0.2) is 4.98 Å². The van der Waals surface area contributed by atoms with Crippen molar-refractivity contribution in [2.45, 2.75) is 34.3 Å². The molecule has 1 heterocycles. The molecule has 0 atom stereocenters. The van der Waals surface area contributed by atoms with Crippen molar-refractivity contribution >= 4 is 15.9 Å². The second kappa shape index (κ2) is 5.22. The lowest BCUT2D eigenvalue weighted by Gasteiger charge is -2.08. The number of aryl methyl sites for hydroxylation is 1. The summed E-state index contributed by atoms with van der Waals surface area (Å²) >= 11 is 3.38. The summed E-state index contributed by atoms with van der Waals surface area (Å²) < 4.78 is 6.43. The van der Waals surface area contributed by atoms with Crippen LogP contribution in [0.5, 0.6) is 5.88 Å². The van der Waals surface area contributed by atoms with Gasteiger partial charge in [-0.2, -0.15) is 0 Å². The maximum Gasteiger partial charge on any atom is 0.213 e. The van der Waals surface area contributed by atoms with Gasteiger partial charge in [-0.3, -0.25) is 0 Å². The van der Waals surface area contributed by atoms with Crippen LogP contribution in [0, 0.1) is 6.92 Å². The van der Waals surface area contributed by atoms with Gasteiger partial charge in [-0.05, 0) is 42.8 Å². The van der Waals surface area contributed by atoms with Gasteiger partial charge >= 0.3 is 0 Å². The van der Waals surface area contributed by atoms with E-state index in [1.54, 1.807) is 0 Å². The average Bonchev–Trinajstić information content (AvgIpc) is 1.96. The Morgan fingerprint density at radius 3 is 2.46 bits per heavy atom. The van der Waals surface area contributed by atoms with E-state index in [1.165, 1.54) is 0 Å². The lowest BCUT2D eigenvalue weighted by atomic mass is 10.4. The zero-order valence-corrected chi connectivity index (χ0v) is 9.05. The highest BCUT2D eigenvalue weighted by Gasteiger charge is 2.01. The van der Waals surface area contributed by atoms with Gasteiger partial charge < -0.3 is 4.74 Å². The smallest absolute Gasteiger partial charge is 0.213 e. The molecule has 0 N–H and O–H groups in total. The molecule has 1 aromatic heterocycles. The van der Waals surface area contributed by atoms with Crippen LogP contribution >= 0.6 is 15.9 Å². The molecule has 13 heavy (non-hydrogen) atoms. The molecule has 1 rings (SSSR count). The molecule has 0 bridgehead atoms. The average molecular weight is 246 g/mol. The second-order valence-corrected chi connectivity index (χ2v) is 3.74. The third kappa shape index (κ3) is 3.77. The van der Waals surface area contributed by atoms with E-state index < -0.39 is 0 Å². The van der Waals surface area contributed by atoms with E-state index >= 15 is 0 Å². The Kier molecular flexibility index (Phi) is 4.99. The van der Waals surface area contributed by atoms with Gasteiger partial charge in [0.05, 0.1) is 11.8 Å². The van der Waals surface area contributed by atoms with Crippen LogP contribution in [0.4, 0.5) is 0 Å². The van der Waals surface area contributed by atoms with E-state index in [-0.39, 0.29) is 13.5 Å². The molecule has 0 saturated heterocycles. The van der Waals surface area contributed by atoms with E-state index in [0.717, 1.165) is 10.2 Å². The molecule has 1 aromatic rings. The van der Waals surface area contributed by atoms with Gasteiger partial charge in [0.25, 0.3) is 0 Å². The molecule has 0 aliphatic rings. The minimum absolute atomic E-state index is 0. The third-order valence-electron chi connectivity index (χ3n) is 1.35. The molecular weight excluding hydrogens is 230 g/mol. The van der Waals surface area contributed by atoms with Crippen LogP contribution in [0.15, 0.2) is 16.6 Å². The van der Waals surface area contributed by atoms with Crippen LogP contribution in [0.1, 0.15) is 27.0 Å². The summed E-state index contributed by atoms with van der Waals surface area (Å²) in [5.74, 6) is 0.686. The monoisotopic (exact) mass is 245 g/mol. The first-order valence-corrected chi connectivity index (χ1v) is 4.68. The standard InChI is InChI=1S/C9H12BrNO.CH4/c1-6(2)12-9-5-4-8(10)7(3)11-9;/h4-6H,1-3H3;1H4. The zero-order valence-electron chi connectivity index (χ0n) is 7.47. The van der Waals surface area contributed by atoms with Crippen LogP contribution < -0.4 is 4.74 Å². The number of nitrogens with zero attached hydrogens (tertiary/aromatic N) is 1. The lowest BCUT2D eigenvalue weighted by molar-refractivity contribution is 0.232. The maximum absolute atomic E-state index is 5.42. The zero-order chi connectivity index (χ0) is 9.14. The quantitative estimate of drug-likeness (QED) is 0.795. The maximum atomic E-state index is 5.42. The lowest BCUT2D eigenvalue weighted by Crippen LogP contribution is -2.07. The summed E-state index contributed by atoms with van der Waals surface area (Å²) in [5, 5.41) is 0. The molecule has 0 aliphatic heterocycles. The Morgan fingerprint density at radius 2 is 2.00 bits per heavy atom. The van der Waals surface area contributed by atoms with Gasteiger partial charge in [0.1, 0.15) is 0 Å². The Morgan fingerprint density at radius 1 is 1.38 bits per heavy atom. The van der Waals surface area contributed by atoms with Gasteiger partial charge in [0.2, 0.25) is 5.88 Å². The first-order chi connectivity index (χ1) is 5.59. The van der Waals surface area contributed by atoms with Gasteiger partial charge in [-0.1, -0.05) is 7.43 Å². The summed E-state index contributed by atoms with van der Waals surface area (Å²) in [6.07, 6.45) is 0.179. The summed E-state index contributed by atoms with van der Waals surface area (Å²) in [6.45, 7) is 5.91. The Hall–Kier alpha value is -0.570. The molecule has 0 radical (unpaired) electrons. The fourth-order valence-corrected chi connectivity index (χ4v) is 1.05. The fourth-order valence-electron chi connectivity index (χ4n) is 0.828. The number of pyridine rings is 1. The van der Waals surface area contributed by atoms with E-state index in [9.17, 15) is 0 Å². The predicted molar refractivity (Wildman–Crippen MR) is 59.2 cm³/mol. The first kappa shape index (κ1) is 12.4. The van der Waals surface area contributed by atoms with Crippen LogP contribution in [-0.4, -0.2) is 11.1 Å². The van der Waals surface area contributed by atoms with E-state index in [0.29, 0.717) is 5.88 Å². The fraction of sp³-hybridized carbons (Fsp3) is 0.500. The van der Waals surface area contributed by atoms with Crippen LogP contribution in [0.3, 0.4) is 0 Å². The molecule has 74 valence electrons. The summed E-state index contributed by atoms with van der Waals surface area (Å²) in [7, 11) is 0. The molecule has 0 unspecified atom stereocenters. The third-order valence-corrected chi connectivity index (χ3v) is 2.19. The number of halogens is 1. The predicted octanol–water partition coefficient (Wildman–Crippen LogP) is 3.58. The Bertz CT molecular complexity index is 274. The molecular formula is C10H16BrNO.